The zero-order valence-electron chi connectivity index (χ0n) is 18.2. The number of hydrogen-bond donors (Lipinski definition) is 2. The molecule has 164 valence electrons. The third-order valence-electron chi connectivity index (χ3n) is 4.66. The fourth-order valence-electron chi connectivity index (χ4n) is 3.06. The average molecular weight is 431 g/mol. The lowest BCUT2D eigenvalue weighted by molar-refractivity contribution is -0.111. The Morgan fingerprint density at radius 1 is 0.781 bits per heavy atom. The molecule has 2 N–H and O–H groups in total. The SMILES string of the molecule is COc1cc(C=Cc2ccc(NC(=O)C=Cc3ccccc3)c(O)c2)cc(OC)c1OC. The summed E-state index contributed by atoms with van der Waals surface area (Å²) in [4.78, 5) is 12.1. The van der Waals surface area contributed by atoms with Gasteiger partial charge in [0.1, 0.15) is 5.75 Å². The van der Waals surface area contributed by atoms with Crippen LogP contribution in [0.15, 0.2) is 66.7 Å². The first kappa shape index (κ1) is 22.5. The van der Waals surface area contributed by atoms with Crippen molar-refractivity contribution in [3.63, 3.8) is 0 Å². The lowest BCUT2D eigenvalue weighted by Crippen LogP contribution is -2.07. The van der Waals surface area contributed by atoms with E-state index in [1.165, 1.54) is 6.08 Å². The van der Waals surface area contributed by atoms with Gasteiger partial charge in [-0.15, -0.1) is 0 Å². The highest BCUT2D eigenvalue weighted by Crippen LogP contribution is 2.38. The summed E-state index contributed by atoms with van der Waals surface area (Å²) in [6, 6.07) is 18.2. The summed E-state index contributed by atoms with van der Waals surface area (Å²) in [6.07, 6.45) is 6.83. The summed E-state index contributed by atoms with van der Waals surface area (Å²) in [5.41, 5.74) is 2.84. The van der Waals surface area contributed by atoms with E-state index >= 15 is 0 Å². The Kier molecular flexibility index (Phi) is 7.54. The van der Waals surface area contributed by atoms with Crippen molar-refractivity contribution in [2.24, 2.45) is 0 Å². The van der Waals surface area contributed by atoms with Crippen LogP contribution < -0.4 is 19.5 Å². The number of methoxy groups -OCH3 is 3. The van der Waals surface area contributed by atoms with E-state index in [-0.39, 0.29) is 11.7 Å². The summed E-state index contributed by atoms with van der Waals surface area (Å²) in [5.74, 6) is 1.27. The highest BCUT2D eigenvalue weighted by Gasteiger charge is 2.12. The highest BCUT2D eigenvalue weighted by molar-refractivity contribution is 6.02. The zero-order chi connectivity index (χ0) is 22.9. The molecule has 0 spiro atoms. The maximum absolute atomic E-state index is 12.1. The van der Waals surface area contributed by atoms with E-state index in [4.69, 9.17) is 14.2 Å². The van der Waals surface area contributed by atoms with Crippen molar-refractivity contribution in [2.45, 2.75) is 0 Å². The first-order chi connectivity index (χ1) is 15.5. The van der Waals surface area contributed by atoms with Gasteiger partial charge in [0.15, 0.2) is 11.5 Å². The predicted molar refractivity (Wildman–Crippen MR) is 127 cm³/mol. The minimum atomic E-state index is -0.329. The van der Waals surface area contributed by atoms with E-state index in [0.717, 1.165) is 16.7 Å². The van der Waals surface area contributed by atoms with Crippen molar-refractivity contribution in [2.75, 3.05) is 26.6 Å². The van der Waals surface area contributed by atoms with Crippen molar-refractivity contribution < 1.29 is 24.1 Å². The summed E-state index contributed by atoms with van der Waals surface area (Å²) < 4.78 is 16.1. The Morgan fingerprint density at radius 3 is 2.03 bits per heavy atom. The number of carbonyl (C=O) groups is 1. The lowest BCUT2D eigenvalue weighted by atomic mass is 10.1. The van der Waals surface area contributed by atoms with Gasteiger partial charge in [-0.2, -0.15) is 0 Å². The molecule has 0 atom stereocenters. The van der Waals surface area contributed by atoms with E-state index in [2.05, 4.69) is 5.32 Å². The number of nitrogens with one attached hydrogen (secondary N) is 1. The van der Waals surface area contributed by atoms with Gasteiger partial charge in [-0.05, 0) is 47.0 Å². The number of anilines is 1. The Labute approximate surface area is 187 Å². The smallest absolute Gasteiger partial charge is 0.248 e. The number of rotatable bonds is 8. The summed E-state index contributed by atoms with van der Waals surface area (Å²) in [7, 11) is 4.67. The minimum Gasteiger partial charge on any atom is -0.506 e. The molecular formula is C26H25NO5. The lowest BCUT2D eigenvalue weighted by Gasteiger charge is -2.12. The molecule has 3 aromatic carbocycles. The van der Waals surface area contributed by atoms with Gasteiger partial charge in [0.05, 0.1) is 27.0 Å². The zero-order valence-corrected chi connectivity index (χ0v) is 18.2. The van der Waals surface area contributed by atoms with Gasteiger partial charge < -0.3 is 24.6 Å². The summed E-state index contributed by atoms with van der Waals surface area (Å²) >= 11 is 0. The minimum absolute atomic E-state index is 0.0292. The van der Waals surface area contributed by atoms with E-state index < -0.39 is 0 Å². The van der Waals surface area contributed by atoms with Crippen molar-refractivity contribution in [1.82, 2.24) is 0 Å². The van der Waals surface area contributed by atoms with Crippen LogP contribution in [0, 0.1) is 0 Å². The quantitative estimate of drug-likeness (QED) is 0.290. The van der Waals surface area contributed by atoms with Crippen molar-refractivity contribution in [3.05, 3.63) is 83.4 Å². The molecule has 0 saturated heterocycles. The monoisotopic (exact) mass is 431 g/mol. The first-order valence-corrected chi connectivity index (χ1v) is 9.89. The molecule has 0 unspecified atom stereocenters. The number of hydrogen-bond acceptors (Lipinski definition) is 5. The molecule has 0 aromatic heterocycles. The molecule has 6 nitrogen and oxygen atoms in total. The van der Waals surface area contributed by atoms with Crippen LogP contribution in [0.1, 0.15) is 16.7 Å². The number of ether oxygens (including phenoxy) is 3. The van der Waals surface area contributed by atoms with Crippen LogP contribution in [0.2, 0.25) is 0 Å². The van der Waals surface area contributed by atoms with Crippen LogP contribution in [0.25, 0.3) is 18.2 Å². The van der Waals surface area contributed by atoms with Crippen LogP contribution in [0.5, 0.6) is 23.0 Å². The molecule has 0 aliphatic rings. The Morgan fingerprint density at radius 2 is 1.44 bits per heavy atom. The molecule has 0 aliphatic carbocycles. The van der Waals surface area contributed by atoms with Crippen LogP contribution in [-0.2, 0) is 4.79 Å². The maximum atomic E-state index is 12.1. The van der Waals surface area contributed by atoms with Gasteiger partial charge in [-0.3, -0.25) is 4.79 Å². The van der Waals surface area contributed by atoms with Crippen LogP contribution in [0.3, 0.4) is 0 Å². The Bertz CT molecular complexity index is 1110. The third kappa shape index (κ3) is 5.70. The predicted octanol–water partition coefficient (Wildman–Crippen LogP) is 5.24. The second-order valence-corrected chi connectivity index (χ2v) is 6.80. The number of aromatic hydroxyl groups is 1. The van der Waals surface area contributed by atoms with Crippen LogP contribution in [-0.4, -0.2) is 32.3 Å². The number of benzene rings is 3. The third-order valence-corrected chi connectivity index (χ3v) is 4.66. The second kappa shape index (κ2) is 10.7. The van der Waals surface area contributed by atoms with Crippen molar-refractivity contribution >= 4 is 29.8 Å². The molecule has 3 aromatic rings. The molecule has 0 radical (unpaired) electrons. The van der Waals surface area contributed by atoms with Crippen molar-refractivity contribution in [1.29, 1.82) is 0 Å². The molecular weight excluding hydrogens is 406 g/mol. The molecule has 0 aliphatic heterocycles. The van der Waals surface area contributed by atoms with Gasteiger partial charge in [-0.25, -0.2) is 0 Å². The second-order valence-electron chi connectivity index (χ2n) is 6.80. The standard InChI is InChI=1S/C26H25NO5/c1-30-23-16-20(17-24(31-2)26(23)32-3)10-9-19-11-13-21(22(28)15-19)27-25(29)14-12-18-7-5-4-6-8-18/h4-17,28H,1-3H3,(H,27,29). The highest BCUT2D eigenvalue weighted by atomic mass is 16.5. The fraction of sp³-hybridized carbons (Fsp3) is 0.115. The molecule has 32 heavy (non-hydrogen) atoms. The number of phenolic OH excluding ortho intramolecular Hbond substituents is 1. The Hall–Kier alpha value is -4.19. The van der Waals surface area contributed by atoms with E-state index in [9.17, 15) is 9.90 Å². The summed E-state index contributed by atoms with van der Waals surface area (Å²) in [5, 5.41) is 13.0. The number of phenols is 1. The molecule has 1 amide bonds. The van der Waals surface area contributed by atoms with E-state index in [1.807, 2.05) is 54.6 Å². The van der Waals surface area contributed by atoms with Crippen LogP contribution in [0.4, 0.5) is 5.69 Å². The Balaban J connectivity index is 1.72. The van der Waals surface area contributed by atoms with Gasteiger partial charge in [-0.1, -0.05) is 48.6 Å². The molecule has 3 rings (SSSR count). The molecule has 6 heteroatoms. The average Bonchev–Trinajstić information content (AvgIpc) is 2.82. The fourth-order valence-corrected chi connectivity index (χ4v) is 3.06. The topological polar surface area (TPSA) is 77.0 Å². The molecule has 0 saturated carbocycles. The molecule has 0 fully saturated rings. The van der Waals surface area contributed by atoms with Crippen LogP contribution >= 0.6 is 0 Å². The normalized spacial score (nSPS) is 11.0. The number of carbonyl (C=O) groups excluding carboxylic acids is 1. The molecule has 0 bridgehead atoms. The van der Waals surface area contributed by atoms with Crippen molar-refractivity contribution in [3.8, 4) is 23.0 Å². The molecule has 0 heterocycles. The van der Waals surface area contributed by atoms with E-state index in [1.54, 1.807) is 45.6 Å². The maximum Gasteiger partial charge on any atom is 0.248 e. The van der Waals surface area contributed by atoms with Gasteiger partial charge in [0.25, 0.3) is 0 Å². The van der Waals surface area contributed by atoms with Gasteiger partial charge >= 0.3 is 0 Å². The van der Waals surface area contributed by atoms with E-state index in [0.29, 0.717) is 22.9 Å². The number of amides is 1. The van der Waals surface area contributed by atoms with Gasteiger partial charge in [0.2, 0.25) is 11.7 Å². The summed E-state index contributed by atoms with van der Waals surface area (Å²) in [6.45, 7) is 0. The first-order valence-electron chi connectivity index (χ1n) is 9.89. The largest absolute Gasteiger partial charge is 0.506 e. The van der Waals surface area contributed by atoms with Gasteiger partial charge in [0, 0.05) is 6.08 Å².